The van der Waals surface area contributed by atoms with Crippen LogP contribution in [0.5, 0.6) is 5.75 Å². The Labute approximate surface area is 134 Å². The molecule has 6 heteroatoms. The molecule has 1 aromatic rings. The Hall–Kier alpha value is -1.71. The van der Waals surface area contributed by atoms with E-state index in [1.54, 1.807) is 11.8 Å². The predicted octanol–water partition coefficient (Wildman–Crippen LogP) is 2.45. The third kappa shape index (κ3) is 2.44. The fourth-order valence-electron chi connectivity index (χ4n) is 3.04. The fraction of sp³-hybridized carbons (Fsp3) is 0.500. The van der Waals surface area contributed by atoms with Crippen LogP contribution in [0.4, 0.5) is 0 Å². The Morgan fingerprint density at radius 3 is 3.00 bits per heavy atom. The standard InChI is InChI=1S/C16H19N3O2S/c1-10-4-5-12-11(8-10)13(14(20)16(2,3)21-12)19-6-7-22-15(19)18-9-17/h4-5,8,13-14,20H,6-7H2,1-3H3/b18-15+/t13-,14+/m0/s1. The summed E-state index contributed by atoms with van der Waals surface area (Å²) in [4.78, 5) is 5.95. The van der Waals surface area contributed by atoms with E-state index in [0.717, 1.165) is 29.2 Å². The number of aliphatic imine (C=N–C) groups is 1. The summed E-state index contributed by atoms with van der Waals surface area (Å²) < 4.78 is 5.98. The van der Waals surface area contributed by atoms with Crippen LogP contribution < -0.4 is 4.74 Å². The third-order valence-corrected chi connectivity index (χ3v) is 5.13. The van der Waals surface area contributed by atoms with Gasteiger partial charge in [0.2, 0.25) is 6.19 Å². The van der Waals surface area contributed by atoms with Crippen LogP contribution in [-0.2, 0) is 0 Å². The van der Waals surface area contributed by atoms with Crippen LogP contribution in [-0.4, -0.2) is 39.2 Å². The molecule has 116 valence electrons. The SMILES string of the molecule is Cc1ccc2c(c1)[C@H](N1CCS/C1=N/C#N)[C@@H](O)C(C)(C)O2. The molecule has 0 spiro atoms. The summed E-state index contributed by atoms with van der Waals surface area (Å²) in [7, 11) is 0. The molecule has 1 fully saturated rings. The molecule has 2 atom stereocenters. The molecule has 2 aliphatic rings. The Kier molecular flexibility index (Phi) is 3.79. The highest BCUT2D eigenvalue weighted by Gasteiger charge is 2.47. The van der Waals surface area contributed by atoms with E-state index in [1.165, 1.54) is 0 Å². The molecule has 0 radical (unpaired) electrons. The summed E-state index contributed by atoms with van der Waals surface area (Å²) in [5, 5.41) is 20.4. The average Bonchev–Trinajstić information content (AvgIpc) is 2.89. The molecule has 0 aliphatic carbocycles. The first-order valence-corrected chi connectivity index (χ1v) is 8.26. The molecule has 0 saturated carbocycles. The van der Waals surface area contributed by atoms with Crippen LogP contribution in [0, 0.1) is 18.4 Å². The molecule has 0 unspecified atom stereocenters. The van der Waals surface area contributed by atoms with Crippen molar-refractivity contribution in [1.82, 2.24) is 4.90 Å². The van der Waals surface area contributed by atoms with Gasteiger partial charge in [-0.05, 0) is 26.8 Å². The smallest absolute Gasteiger partial charge is 0.208 e. The average molecular weight is 317 g/mol. The Balaban J connectivity index is 2.11. The van der Waals surface area contributed by atoms with E-state index in [0.29, 0.717) is 5.17 Å². The number of fused-ring (bicyclic) bond motifs is 1. The van der Waals surface area contributed by atoms with Gasteiger partial charge < -0.3 is 14.7 Å². The van der Waals surface area contributed by atoms with Crippen molar-refractivity contribution in [2.75, 3.05) is 12.3 Å². The summed E-state index contributed by atoms with van der Waals surface area (Å²) in [5.41, 5.74) is 1.38. The van der Waals surface area contributed by atoms with E-state index < -0.39 is 11.7 Å². The Bertz CT molecular complexity index is 666. The second-order valence-electron chi connectivity index (χ2n) is 6.17. The lowest BCUT2D eigenvalue weighted by Gasteiger charge is -2.45. The molecule has 2 aliphatic heterocycles. The number of benzene rings is 1. The van der Waals surface area contributed by atoms with Gasteiger partial charge >= 0.3 is 0 Å². The molecule has 3 rings (SSSR count). The third-order valence-electron chi connectivity index (χ3n) is 4.16. The minimum absolute atomic E-state index is 0.249. The van der Waals surface area contributed by atoms with Crippen LogP contribution in [0.1, 0.15) is 31.0 Å². The topological polar surface area (TPSA) is 68.9 Å². The van der Waals surface area contributed by atoms with E-state index >= 15 is 0 Å². The number of amidine groups is 1. The largest absolute Gasteiger partial charge is 0.485 e. The summed E-state index contributed by atoms with van der Waals surface area (Å²) >= 11 is 1.55. The zero-order valence-electron chi connectivity index (χ0n) is 12.9. The van der Waals surface area contributed by atoms with Crippen LogP contribution >= 0.6 is 11.8 Å². The molecule has 2 heterocycles. The first-order chi connectivity index (χ1) is 10.4. The van der Waals surface area contributed by atoms with Gasteiger partial charge in [-0.3, -0.25) is 0 Å². The number of hydrogen-bond donors (Lipinski definition) is 1. The maximum absolute atomic E-state index is 10.9. The normalized spacial score (nSPS) is 28.1. The van der Waals surface area contributed by atoms with Crippen LogP contribution in [0.25, 0.3) is 0 Å². The number of nitriles is 1. The molecule has 1 saturated heterocycles. The number of nitrogens with zero attached hydrogens (tertiary/aromatic N) is 3. The lowest BCUT2D eigenvalue weighted by atomic mass is 9.85. The number of ether oxygens (including phenoxy) is 1. The molecule has 0 bridgehead atoms. The molecule has 22 heavy (non-hydrogen) atoms. The summed E-state index contributed by atoms with van der Waals surface area (Å²) in [6.07, 6.45) is 1.16. The highest BCUT2D eigenvalue weighted by molar-refractivity contribution is 8.14. The summed E-state index contributed by atoms with van der Waals surface area (Å²) in [5.74, 6) is 1.66. The number of aliphatic hydroxyl groups is 1. The van der Waals surface area contributed by atoms with Crippen molar-refractivity contribution in [1.29, 1.82) is 5.26 Å². The van der Waals surface area contributed by atoms with Gasteiger partial charge in [0.1, 0.15) is 17.5 Å². The zero-order chi connectivity index (χ0) is 15.9. The Morgan fingerprint density at radius 2 is 2.27 bits per heavy atom. The first-order valence-electron chi connectivity index (χ1n) is 7.28. The first kappa shape index (κ1) is 15.2. The highest BCUT2D eigenvalue weighted by atomic mass is 32.2. The van der Waals surface area contributed by atoms with Crippen molar-refractivity contribution in [3.05, 3.63) is 29.3 Å². The van der Waals surface area contributed by atoms with Gasteiger partial charge in [0, 0.05) is 17.9 Å². The molecular weight excluding hydrogens is 298 g/mol. The van der Waals surface area contributed by atoms with Crippen LogP contribution in [0.15, 0.2) is 23.2 Å². The van der Waals surface area contributed by atoms with Gasteiger partial charge in [-0.25, -0.2) is 0 Å². The van der Waals surface area contributed by atoms with E-state index in [-0.39, 0.29) is 6.04 Å². The van der Waals surface area contributed by atoms with E-state index in [2.05, 4.69) is 4.99 Å². The number of rotatable bonds is 1. The number of hydrogen-bond acceptors (Lipinski definition) is 5. The van der Waals surface area contributed by atoms with Gasteiger partial charge in [-0.1, -0.05) is 29.5 Å². The quantitative estimate of drug-likeness (QED) is 0.806. The van der Waals surface area contributed by atoms with Crippen molar-refractivity contribution in [3.63, 3.8) is 0 Å². The number of thioether (sulfide) groups is 1. The van der Waals surface area contributed by atoms with Crippen molar-refractivity contribution < 1.29 is 9.84 Å². The maximum atomic E-state index is 10.9. The van der Waals surface area contributed by atoms with E-state index in [4.69, 9.17) is 10.00 Å². The lowest BCUT2D eigenvalue weighted by Crippen LogP contribution is -2.53. The van der Waals surface area contributed by atoms with Crippen LogP contribution in [0.3, 0.4) is 0 Å². The zero-order valence-corrected chi connectivity index (χ0v) is 13.7. The van der Waals surface area contributed by atoms with E-state index in [9.17, 15) is 5.11 Å². The number of aryl methyl sites for hydroxylation is 1. The van der Waals surface area contributed by atoms with Gasteiger partial charge in [0.25, 0.3) is 0 Å². The second kappa shape index (κ2) is 5.49. The molecular formula is C16H19N3O2S. The van der Waals surface area contributed by atoms with Gasteiger partial charge in [0.15, 0.2) is 5.17 Å². The van der Waals surface area contributed by atoms with Gasteiger partial charge in [-0.2, -0.15) is 5.26 Å². The van der Waals surface area contributed by atoms with Crippen molar-refractivity contribution in [2.24, 2.45) is 4.99 Å². The summed E-state index contributed by atoms with van der Waals surface area (Å²) in [6.45, 7) is 6.55. The second-order valence-corrected chi connectivity index (χ2v) is 7.23. The van der Waals surface area contributed by atoms with E-state index in [1.807, 2.05) is 50.1 Å². The lowest BCUT2D eigenvalue weighted by molar-refractivity contribution is -0.0800. The molecule has 1 aromatic carbocycles. The number of aliphatic hydroxyl groups excluding tert-OH is 1. The molecule has 1 N–H and O–H groups in total. The van der Waals surface area contributed by atoms with Crippen molar-refractivity contribution in [3.8, 4) is 11.9 Å². The monoisotopic (exact) mass is 317 g/mol. The summed E-state index contributed by atoms with van der Waals surface area (Å²) in [6, 6.07) is 5.76. The minimum Gasteiger partial charge on any atom is -0.485 e. The maximum Gasteiger partial charge on any atom is 0.208 e. The Morgan fingerprint density at radius 1 is 1.50 bits per heavy atom. The molecule has 5 nitrogen and oxygen atoms in total. The van der Waals surface area contributed by atoms with Gasteiger partial charge in [-0.15, -0.1) is 4.99 Å². The fourth-order valence-corrected chi connectivity index (χ4v) is 3.98. The van der Waals surface area contributed by atoms with Gasteiger partial charge in [0.05, 0.1) is 6.04 Å². The predicted molar refractivity (Wildman–Crippen MR) is 86.8 cm³/mol. The van der Waals surface area contributed by atoms with Crippen molar-refractivity contribution in [2.45, 2.75) is 38.5 Å². The van der Waals surface area contributed by atoms with Crippen LogP contribution in [0.2, 0.25) is 0 Å². The molecule has 0 aromatic heterocycles. The highest BCUT2D eigenvalue weighted by Crippen LogP contribution is 2.45. The van der Waals surface area contributed by atoms with Crippen molar-refractivity contribution >= 4 is 16.9 Å². The molecule has 0 amide bonds. The minimum atomic E-state index is -0.704.